The van der Waals surface area contributed by atoms with Crippen LogP contribution >= 0.6 is 0 Å². The second-order valence-electron chi connectivity index (χ2n) is 7.83. The summed E-state index contributed by atoms with van der Waals surface area (Å²) in [6.07, 6.45) is 0.746. The van der Waals surface area contributed by atoms with Crippen LogP contribution in [0.5, 0.6) is 0 Å². The van der Waals surface area contributed by atoms with E-state index in [4.69, 9.17) is 0 Å². The van der Waals surface area contributed by atoms with E-state index in [-0.39, 0.29) is 49.6 Å². The zero-order chi connectivity index (χ0) is 20.9. The second kappa shape index (κ2) is 9.22. The van der Waals surface area contributed by atoms with Gasteiger partial charge in [-0.25, -0.2) is 0 Å². The van der Waals surface area contributed by atoms with Crippen molar-refractivity contribution < 1.29 is 14.4 Å². The van der Waals surface area contributed by atoms with E-state index in [1.807, 2.05) is 17.0 Å². The molecule has 0 spiro atoms. The van der Waals surface area contributed by atoms with Gasteiger partial charge >= 0.3 is 0 Å². The molecule has 2 aliphatic rings. The molecule has 0 bridgehead atoms. The fourth-order valence-corrected chi connectivity index (χ4v) is 4.35. The van der Waals surface area contributed by atoms with Crippen molar-refractivity contribution in [3.8, 4) is 0 Å². The maximum atomic E-state index is 12.6. The summed E-state index contributed by atoms with van der Waals surface area (Å²) in [7, 11) is 0. The lowest BCUT2D eigenvalue weighted by Gasteiger charge is -2.40. The molecule has 2 aromatic carbocycles. The average Bonchev–Trinajstić information content (AvgIpc) is 3.11. The molecule has 0 saturated carbocycles. The van der Waals surface area contributed by atoms with Gasteiger partial charge in [-0.15, -0.1) is 0 Å². The average molecular weight is 405 g/mol. The highest BCUT2D eigenvalue weighted by atomic mass is 16.2. The van der Waals surface area contributed by atoms with Crippen molar-refractivity contribution >= 4 is 17.7 Å². The summed E-state index contributed by atoms with van der Waals surface area (Å²) in [5.41, 5.74) is 2.49. The Bertz CT molecular complexity index is 837. The number of carbonyl (C=O) groups excluding carboxylic acids is 3. The predicted molar refractivity (Wildman–Crippen MR) is 113 cm³/mol. The Morgan fingerprint density at radius 3 is 1.77 bits per heavy atom. The minimum Gasteiger partial charge on any atom is -0.340 e. The van der Waals surface area contributed by atoms with Gasteiger partial charge in [0.25, 0.3) is 0 Å². The molecule has 156 valence electrons. The number of piperazine rings is 1. The van der Waals surface area contributed by atoms with E-state index in [0.29, 0.717) is 13.1 Å². The first-order chi connectivity index (χ1) is 14.6. The standard InChI is InChI=1S/C24H27N3O3/c28-21(13-14-27-22(29)11-12-23(27)30)25-15-17-26(18-16-25)24(19-7-3-1-4-8-19)20-9-5-2-6-10-20/h1-10,24H,11-18H2. The molecule has 3 amide bonds. The molecule has 30 heavy (non-hydrogen) atoms. The third-order valence-corrected chi connectivity index (χ3v) is 5.97. The number of hydrogen-bond donors (Lipinski definition) is 0. The first-order valence-corrected chi connectivity index (χ1v) is 10.6. The number of benzene rings is 2. The Hall–Kier alpha value is -2.99. The van der Waals surface area contributed by atoms with Crippen molar-refractivity contribution in [1.29, 1.82) is 0 Å². The van der Waals surface area contributed by atoms with Crippen molar-refractivity contribution in [3.05, 3.63) is 71.8 Å². The quantitative estimate of drug-likeness (QED) is 0.693. The number of imide groups is 1. The molecular weight excluding hydrogens is 378 g/mol. The Morgan fingerprint density at radius 2 is 1.27 bits per heavy atom. The van der Waals surface area contributed by atoms with Crippen LogP contribution in [0.4, 0.5) is 0 Å². The lowest BCUT2D eigenvalue weighted by atomic mass is 9.96. The maximum Gasteiger partial charge on any atom is 0.229 e. The molecule has 0 N–H and O–H groups in total. The van der Waals surface area contributed by atoms with Crippen LogP contribution in [0.3, 0.4) is 0 Å². The summed E-state index contributed by atoms with van der Waals surface area (Å²) in [6, 6.07) is 21.1. The summed E-state index contributed by atoms with van der Waals surface area (Å²) in [5, 5.41) is 0. The summed E-state index contributed by atoms with van der Waals surface area (Å²) in [4.78, 5) is 41.6. The molecule has 0 aliphatic carbocycles. The highest BCUT2D eigenvalue weighted by Gasteiger charge is 2.31. The van der Waals surface area contributed by atoms with Crippen molar-refractivity contribution in [2.45, 2.75) is 25.3 Å². The number of likely N-dealkylation sites (tertiary alicyclic amines) is 1. The van der Waals surface area contributed by atoms with Gasteiger partial charge in [-0.3, -0.25) is 24.2 Å². The molecule has 6 nitrogen and oxygen atoms in total. The molecule has 0 radical (unpaired) electrons. The van der Waals surface area contributed by atoms with Crippen LogP contribution in [0.15, 0.2) is 60.7 Å². The van der Waals surface area contributed by atoms with Crippen molar-refractivity contribution in [3.63, 3.8) is 0 Å². The van der Waals surface area contributed by atoms with Gasteiger partial charge in [-0.05, 0) is 11.1 Å². The molecule has 2 aromatic rings. The number of amides is 3. The summed E-state index contributed by atoms with van der Waals surface area (Å²) in [6.45, 7) is 3.06. The Kier molecular flexibility index (Phi) is 6.23. The van der Waals surface area contributed by atoms with Gasteiger partial charge in [-0.2, -0.15) is 0 Å². The molecule has 6 heteroatoms. The minimum atomic E-state index is -0.161. The van der Waals surface area contributed by atoms with Gasteiger partial charge in [0.2, 0.25) is 17.7 Å². The highest BCUT2D eigenvalue weighted by Crippen LogP contribution is 2.29. The number of rotatable bonds is 6. The largest absolute Gasteiger partial charge is 0.340 e. The summed E-state index contributed by atoms with van der Waals surface area (Å²) >= 11 is 0. The van der Waals surface area contributed by atoms with E-state index >= 15 is 0 Å². The molecule has 0 aromatic heterocycles. The van der Waals surface area contributed by atoms with Crippen LogP contribution in [-0.2, 0) is 14.4 Å². The van der Waals surface area contributed by atoms with Crippen LogP contribution in [0.2, 0.25) is 0 Å². The predicted octanol–water partition coefficient (Wildman–Crippen LogP) is 2.46. The molecule has 0 unspecified atom stereocenters. The second-order valence-corrected chi connectivity index (χ2v) is 7.83. The van der Waals surface area contributed by atoms with E-state index < -0.39 is 0 Å². The van der Waals surface area contributed by atoms with Crippen molar-refractivity contribution in [2.24, 2.45) is 0 Å². The first kappa shape index (κ1) is 20.3. The molecule has 2 aliphatic heterocycles. The van der Waals surface area contributed by atoms with Crippen LogP contribution in [0, 0.1) is 0 Å². The number of hydrogen-bond acceptors (Lipinski definition) is 4. The zero-order valence-corrected chi connectivity index (χ0v) is 17.1. The van der Waals surface area contributed by atoms with Gasteiger partial charge in [0.1, 0.15) is 0 Å². The zero-order valence-electron chi connectivity index (χ0n) is 17.1. The van der Waals surface area contributed by atoms with Gasteiger partial charge < -0.3 is 4.90 Å². The SMILES string of the molecule is O=C(CCN1C(=O)CCC1=O)N1CCN(C(c2ccccc2)c2ccccc2)CC1. The van der Waals surface area contributed by atoms with E-state index in [9.17, 15) is 14.4 Å². The van der Waals surface area contributed by atoms with E-state index in [0.717, 1.165) is 13.1 Å². The molecule has 2 fully saturated rings. The third-order valence-electron chi connectivity index (χ3n) is 5.97. The smallest absolute Gasteiger partial charge is 0.229 e. The molecular formula is C24H27N3O3. The first-order valence-electron chi connectivity index (χ1n) is 10.6. The molecule has 4 rings (SSSR count). The summed E-state index contributed by atoms with van der Waals surface area (Å²) < 4.78 is 0. The lowest BCUT2D eigenvalue weighted by Crippen LogP contribution is -2.50. The normalized spacial score (nSPS) is 17.8. The van der Waals surface area contributed by atoms with E-state index in [1.54, 1.807) is 0 Å². The summed E-state index contributed by atoms with van der Waals surface area (Å²) in [5.74, 6) is -0.310. The third kappa shape index (κ3) is 4.44. The van der Waals surface area contributed by atoms with Gasteiger partial charge in [-0.1, -0.05) is 60.7 Å². The van der Waals surface area contributed by atoms with Gasteiger partial charge in [0, 0.05) is 52.0 Å². The monoisotopic (exact) mass is 405 g/mol. The van der Waals surface area contributed by atoms with E-state index in [2.05, 4.69) is 53.4 Å². The van der Waals surface area contributed by atoms with Crippen molar-refractivity contribution in [1.82, 2.24) is 14.7 Å². The molecule has 0 atom stereocenters. The fourth-order valence-electron chi connectivity index (χ4n) is 4.35. The number of nitrogens with zero attached hydrogens (tertiary/aromatic N) is 3. The number of carbonyl (C=O) groups is 3. The molecule has 2 heterocycles. The van der Waals surface area contributed by atoms with Crippen LogP contribution < -0.4 is 0 Å². The Balaban J connectivity index is 1.38. The van der Waals surface area contributed by atoms with Crippen LogP contribution in [0.1, 0.15) is 36.4 Å². The lowest BCUT2D eigenvalue weighted by molar-refractivity contribution is -0.139. The Morgan fingerprint density at radius 1 is 0.767 bits per heavy atom. The topological polar surface area (TPSA) is 60.9 Å². The van der Waals surface area contributed by atoms with Crippen molar-refractivity contribution in [2.75, 3.05) is 32.7 Å². The van der Waals surface area contributed by atoms with Gasteiger partial charge in [0.15, 0.2) is 0 Å². The Labute approximate surface area is 177 Å². The molecule has 2 saturated heterocycles. The highest BCUT2D eigenvalue weighted by molar-refractivity contribution is 6.02. The van der Waals surface area contributed by atoms with E-state index in [1.165, 1.54) is 16.0 Å². The van der Waals surface area contributed by atoms with Gasteiger partial charge in [0.05, 0.1) is 6.04 Å². The van der Waals surface area contributed by atoms with Crippen LogP contribution in [0.25, 0.3) is 0 Å². The minimum absolute atomic E-state index is 0.0122. The fraction of sp³-hybridized carbons (Fsp3) is 0.375. The maximum absolute atomic E-state index is 12.6. The van der Waals surface area contributed by atoms with Crippen LogP contribution in [-0.4, -0.2) is 65.1 Å².